The van der Waals surface area contributed by atoms with Crippen molar-refractivity contribution in [1.82, 2.24) is 5.32 Å². The van der Waals surface area contributed by atoms with Crippen LogP contribution < -0.4 is 5.32 Å². The Labute approximate surface area is 432 Å². The van der Waals surface area contributed by atoms with Crippen molar-refractivity contribution in [2.75, 3.05) is 13.2 Å². The Hall–Kier alpha value is -1.33. The molecule has 1 fully saturated rings. The Balaban J connectivity index is 1.98. The highest BCUT2D eigenvalue weighted by Crippen LogP contribution is 2.23. The third-order valence-corrected chi connectivity index (χ3v) is 14.8. The van der Waals surface area contributed by atoms with Crippen LogP contribution in [-0.2, 0) is 14.3 Å². The van der Waals surface area contributed by atoms with Crippen molar-refractivity contribution in [3.8, 4) is 0 Å². The van der Waals surface area contributed by atoms with Gasteiger partial charge in [0.15, 0.2) is 6.29 Å². The van der Waals surface area contributed by atoms with Gasteiger partial charge in [-0.25, -0.2) is 0 Å². The molecule has 0 spiro atoms. The van der Waals surface area contributed by atoms with Gasteiger partial charge in [0.25, 0.3) is 0 Å². The number of ether oxygens (including phenoxy) is 2. The van der Waals surface area contributed by atoms with E-state index in [0.29, 0.717) is 6.42 Å². The Kier molecular flexibility index (Phi) is 48.7. The normalized spacial score (nSPS) is 19.4. The summed E-state index contributed by atoms with van der Waals surface area (Å²) in [6.07, 6.45) is 58.9. The SMILES string of the molecule is CCCCC/C=C/CC/C=C/C(O)C(COC1OC(CO)C(O)C(O)C1O)NC(=O)CCCCCCCCCCCCCCCCCCCCCCCCCCCCCCCCCCCCCCCC. The number of carbonyl (C=O) groups excluding carboxylic acids is 1. The van der Waals surface area contributed by atoms with E-state index in [1.165, 1.54) is 244 Å². The molecule has 1 amide bonds. The topological polar surface area (TPSA) is 149 Å². The first kappa shape index (κ1) is 66.7. The monoisotopic (exact) mass is 992 g/mol. The summed E-state index contributed by atoms with van der Waals surface area (Å²) in [5.74, 6) is -0.184. The van der Waals surface area contributed by atoms with Crippen LogP contribution in [0.4, 0.5) is 0 Å². The lowest BCUT2D eigenvalue weighted by molar-refractivity contribution is -0.302. The third kappa shape index (κ3) is 40.1. The molecule has 1 aliphatic rings. The van der Waals surface area contributed by atoms with E-state index >= 15 is 0 Å². The van der Waals surface area contributed by atoms with Gasteiger partial charge in [-0.2, -0.15) is 0 Å². The van der Waals surface area contributed by atoms with Crippen LogP contribution in [0, 0.1) is 0 Å². The minimum Gasteiger partial charge on any atom is -0.394 e. The Bertz CT molecular complexity index is 1150. The number of amides is 1. The van der Waals surface area contributed by atoms with Crippen LogP contribution in [0.2, 0.25) is 0 Å². The van der Waals surface area contributed by atoms with Gasteiger partial charge < -0.3 is 40.3 Å². The second-order valence-corrected chi connectivity index (χ2v) is 21.5. The van der Waals surface area contributed by atoms with Gasteiger partial charge in [0.2, 0.25) is 5.91 Å². The van der Waals surface area contributed by atoms with E-state index in [1.807, 2.05) is 6.08 Å². The summed E-state index contributed by atoms with van der Waals surface area (Å²) in [6.45, 7) is 3.73. The van der Waals surface area contributed by atoms with Gasteiger partial charge in [-0.05, 0) is 32.1 Å². The molecule has 70 heavy (non-hydrogen) atoms. The van der Waals surface area contributed by atoms with Gasteiger partial charge >= 0.3 is 0 Å². The fourth-order valence-electron chi connectivity index (χ4n) is 9.94. The number of aliphatic hydroxyl groups excluding tert-OH is 5. The summed E-state index contributed by atoms with van der Waals surface area (Å²) >= 11 is 0. The zero-order valence-electron chi connectivity index (χ0n) is 46.0. The number of hydrogen-bond acceptors (Lipinski definition) is 8. The second kappa shape index (κ2) is 51.2. The van der Waals surface area contributed by atoms with Crippen molar-refractivity contribution in [3.63, 3.8) is 0 Å². The fraction of sp³-hybridized carbons (Fsp3) is 0.918. The van der Waals surface area contributed by atoms with E-state index in [1.54, 1.807) is 6.08 Å². The number of nitrogens with one attached hydrogen (secondary N) is 1. The highest BCUT2D eigenvalue weighted by atomic mass is 16.7. The van der Waals surface area contributed by atoms with E-state index in [4.69, 9.17) is 9.47 Å². The fourth-order valence-corrected chi connectivity index (χ4v) is 9.94. The summed E-state index contributed by atoms with van der Waals surface area (Å²) in [7, 11) is 0. The van der Waals surface area contributed by atoms with Crippen molar-refractivity contribution in [3.05, 3.63) is 24.3 Å². The minimum atomic E-state index is -1.57. The molecule has 1 rings (SSSR count). The van der Waals surface area contributed by atoms with Gasteiger partial charge in [-0.3, -0.25) is 4.79 Å². The summed E-state index contributed by atoms with van der Waals surface area (Å²) < 4.78 is 11.2. The van der Waals surface area contributed by atoms with E-state index < -0.39 is 49.5 Å². The lowest BCUT2D eigenvalue weighted by atomic mass is 9.99. The molecule has 0 aliphatic carbocycles. The van der Waals surface area contributed by atoms with Gasteiger partial charge in [0, 0.05) is 6.42 Å². The van der Waals surface area contributed by atoms with Crippen LogP contribution in [0.25, 0.3) is 0 Å². The summed E-state index contributed by atoms with van der Waals surface area (Å²) in [5.41, 5.74) is 0. The van der Waals surface area contributed by atoms with Gasteiger partial charge in [0.1, 0.15) is 24.4 Å². The van der Waals surface area contributed by atoms with E-state index in [0.717, 1.165) is 38.5 Å². The first-order valence-electron chi connectivity index (χ1n) is 30.6. The van der Waals surface area contributed by atoms with Gasteiger partial charge in [-0.15, -0.1) is 0 Å². The summed E-state index contributed by atoms with van der Waals surface area (Å²) in [6, 6.07) is -0.816. The molecule has 0 aromatic heterocycles. The lowest BCUT2D eigenvalue weighted by Gasteiger charge is -2.40. The van der Waals surface area contributed by atoms with Crippen molar-refractivity contribution in [2.24, 2.45) is 0 Å². The molecule has 7 unspecified atom stereocenters. The van der Waals surface area contributed by atoms with Crippen LogP contribution in [-0.4, -0.2) is 87.5 Å². The number of unbranched alkanes of at least 4 members (excludes halogenated alkanes) is 41. The van der Waals surface area contributed by atoms with Crippen LogP contribution in [0.1, 0.15) is 303 Å². The second-order valence-electron chi connectivity index (χ2n) is 21.5. The molecule has 414 valence electrons. The average Bonchev–Trinajstić information content (AvgIpc) is 3.36. The molecule has 0 aromatic rings. The van der Waals surface area contributed by atoms with E-state index in [9.17, 15) is 30.3 Å². The summed E-state index contributed by atoms with van der Waals surface area (Å²) in [5, 5.41) is 54.2. The Morgan fingerprint density at radius 2 is 0.814 bits per heavy atom. The molecule has 9 heteroatoms. The standard InChI is InChI=1S/C61H117NO8/c1-3-5-7-9-11-13-14-15-16-17-18-19-20-21-22-23-24-25-26-27-28-29-30-31-32-33-34-35-36-37-38-39-40-41-43-45-47-49-51-57(65)62-54(55(64)50-48-46-44-42-12-10-8-6-4-2)53-69-61-60(68)59(67)58(66)56(52-63)70-61/h12,42,48,50,54-56,58-61,63-64,66-68H,3-11,13-41,43-47,49,51-53H2,1-2H3,(H,62,65)/b42-12+,50-48+. The van der Waals surface area contributed by atoms with Gasteiger partial charge in [-0.1, -0.05) is 289 Å². The molecule has 1 heterocycles. The molecule has 9 nitrogen and oxygen atoms in total. The Morgan fingerprint density at radius 3 is 1.20 bits per heavy atom. The molecular formula is C61H117NO8. The predicted molar refractivity (Wildman–Crippen MR) is 295 cm³/mol. The largest absolute Gasteiger partial charge is 0.394 e. The quantitative estimate of drug-likeness (QED) is 0.0261. The van der Waals surface area contributed by atoms with Crippen LogP contribution in [0.15, 0.2) is 24.3 Å². The molecule has 6 N–H and O–H groups in total. The summed E-state index contributed by atoms with van der Waals surface area (Å²) in [4.78, 5) is 13.0. The highest BCUT2D eigenvalue weighted by molar-refractivity contribution is 5.76. The molecule has 0 aromatic carbocycles. The third-order valence-electron chi connectivity index (χ3n) is 14.8. The molecule has 0 radical (unpaired) electrons. The zero-order valence-corrected chi connectivity index (χ0v) is 46.0. The number of aliphatic hydroxyl groups is 5. The van der Waals surface area contributed by atoms with Crippen molar-refractivity contribution in [1.29, 1.82) is 0 Å². The molecule has 1 saturated heterocycles. The maximum atomic E-state index is 13.0. The molecule has 0 saturated carbocycles. The molecule has 1 aliphatic heterocycles. The first-order chi connectivity index (χ1) is 34.3. The van der Waals surface area contributed by atoms with Gasteiger partial charge in [0.05, 0.1) is 25.4 Å². The molecule has 0 bridgehead atoms. The highest BCUT2D eigenvalue weighted by Gasteiger charge is 2.44. The van der Waals surface area contributed by atoms with Crippen molar-refractivity contribution in [2.45, 2.75) is 346 Å². The van der Waals surface area contributed by atoms with E-state index in [-0.39, 0.29) is 12.5 Å². The molecular weight excluding hydrogens is 875 g/mol. The Morgan fingerprint density at radius 1 is 0.471 bits per heavy atom. The lowest BCUT2D eigenvalue weighted by Crippen LogP contribution is -2.60. The average molecular weight is 993 g/mol. The number of carbonyl (C=O) groups is 1. The predicted octanol–water partition coefficient (Wildman–Crippen LogP) is 15.4. The maximum absolute atomic E-state index is 13.0. The zero-order chi connectivity index (χ0) is 50.8. The molecule has 7 atom stereocenters. The first-order valence-corrected chi connectivity index (χ1v) is 30.6. The maximum Gasteiger partial charge on any atom is 0.220 e. The van der Waals surface area contributed by atoms with Crippen molar-refractivity contribution < 1.29 is 39.8 Å². The van der Waals surface area contributed by atoms with Crippen LogP contribution >= 0.6 is 0 Å². The van der Waals surface area contributed by atoms with Crippen LogP contribution in [0.3, 0.4) is 0 Å². The van der Waals surface area contributed by atoms with Crippen molar-refractivity contribution >= 4 is 5.91 Å². The van der Waals surface area contributed by atoms with E-state index in [2.05, 4.69) is 31.3 Å². The number of hydrogen-bond donors (Lipinski definition) is 6. The number of rotatable bonds is 53. The smallest absolute Gasteiger partial charge is 0.220 e. The minimum absolute atomic E-state index is 0.184. The van der Waals surface area contributed by atoms with Crippen LogP contribution in [0.5, 0.6) is 0 Å². The number of allylic oxidation sites excluding steroid dienone is 3.